The smallest absolute Gasteiger partial charge is 0.182 e. The summed E-state index contributed by atoms with van der Waals surface area (Å²) < 4.78 is 15.3. The first-order chi connectivity index (χ1) is 8.25. The monoisotopic (exact) mass is 228 g/mol. The third kappa shape index (κ3) is 1.52. The number of imidazole rings is 1. The summed E-state index contributed by atoms with van der Waals surface area (Å²) in [4.78, 5) is 7.96. The van der Waals surface area contributed by atoms with Gasteiger partial charge in [-0.1, -0.05) is 18.7 Å². The summed E-state index contributed by atoms with van der Waals surface area (Å²) in [6, 6.07) is 7.51. The van der Waals surface area contributed by atoms with Crippen molar-refractivity contribution in [2.45, 2.75) is 0 Å². The molecule has 2 aromatic rings. The minimum atomic E-state index is -0.444. The lowest BCUT2D eigenvalue weighted by atomic mass is 10.3. The minimum absolute atomic E-state index is 0.290. The standard InChI is InChI=1S/C12H9FN4/c1-8-14-6-9(13)12(16-8)17-7-15-10-4-2-3-5-11(10)17/h2-7,16H,1H2. The number of para-hydroxylation sites is 2. The Morgan fingerprint density at radius 1 is 1.29 bits per heavy atom. The maximum Gasteiger partial charge on any atom is 0.182 e. The molecule has 0 fully saturated rings. The number of allylic oxidation sites excluding steroid dienone is 1. The van der Waals surface area contributed by atoms with E-state index in [1.807, 2.05) is 24.3 Å². The Labute approximate surface area is 96.8 Å². The molecule has 84 valence electrons. The molecule has 3 rings (SSSR count). The third-order valence-corrected chi connectivity index (χ3v) is 2.52. The van der Waals surface area contributed by atoms with Crippen LogP contribution in [0.1, 0.15) is 0 Å². The molecule has 0 saturated heterocycles. The number of rotatable bonds is 1. The zero-order chi connectivity index (χ0) is 11.8. The lowest BCUT2D eigenvalue weighted by Crippen LogP contribution is -2.19. The third-order valence-electron chi connectivity index (χ3n) is 2.52. The van der Waals surface area contributed by atoms with Gasteiger partial charge in [-0.05, 0) is 12.1 Å². The number of aromatic nitrogens is 2. The number of aliphatic imine (C=N–C) groups is 1. The summed E-state index contributed by atoms with van der Waals surface area (Å²) in [5.41, 5.74) is 1.64. The summed E-state index contributed by atoms with van der Waals surface area (Å²) in [5, 5.41) is 2.80. The van der Waals surface area contributed by atoms with Crippen molar-refractivity contribution in [3.05, 3.63) is 48.8 Å². The summed E-state index contributed by atoms with van der Waals surface area (Å²) in [6.07, 6.45) is 2.71. The van der Waals surface area contributed by atoms with Crippen molar-refractivity contribution in [1.29, 1.82) is 0 Å². The van der Waals surface area contributed by atoms with Crippen LogP contribution in [0.25, 0.3) is 16.9 Å². The van der Waals surface area contributed by atoms with Crippen LogP contribution in [0.2, 0.25) is 0 Å². The molecule has 0 radical (unpaired) electrons. The molecule has 5 heteroatoms. The van der Waals surface area contributed by atoms with Crippen molar-refractivity contribution in [3.63, 3.8) is 0 Å². The van der Waals surface area contributed by atoms with E-state index < -0.39 is 5.83 Å². The Hall–Kier alpha value is -2.43. The molecule has 1 aliphatic rings. The van der Waals surface area contributed by atoms with E-state index in [0.29, 0.717) is 11.6 Å². The second kappa shape index (κ2) is 3.55. The van der Waals surface area contributed by atoms with Crippen LogP contribution in [0.3, 0.4) is 0 Å². The van der Waals surface area contributed by atoms with Gasteiger partial charge in [0.2, 0.25) is 0 Å². The maximum atomic E-state index is 13.7. The molecule has 0 unspecified atom stereocenters. The van der Waals surface area contributed by atoms with Crippen LogP contribution in [0.5, 0.6) is 0 Å². The van der Waals surface area contributed by atoms with Gasteiger partial charge in [-0.15, -0.1) is 0 Å². The average Bonchev–Trinajstić information content (AvgIpc) is 2.76. The van der Waals surface area contributed by atoms with Crippen molar-refractivity contribution < 1.29 is 4.39 Å². The van der Waals surface area contributed by atoms with E-state index in [-0.39, 0.29) is 0 Å². The van der Waals surface area contributed by atoms with Crippen molar-refractivity contribution >= 4 is 23.1 Å². The largest absolute Gasteiger partial charge is 0.324 e. The molecule has 17 heavy (non-hydrogen) atoms. The van der Waals surface area contributed by atoms with E-state index in [1.54, 1.807) is 10.9 Å². The van der Waals surface area contributed by atoms with E-state index in [0.717, 1.165) is 17.2 Å². The predicted octanol–water partition coefficient (Wildman–Crippen LogP) is 2.28. The topological polar surface area (TPSA) is 42.2 Å². The Morgan fingerprint density at radius 2 is 2.12 bits per heavy atom. The molecule has 0 bridgehead atoms. The molecule has 0 atom stereocenters. The van der Waals surface area contributed by atoms with Gasteiger partial charge in [0.25, 0.3) is 0 Å². The molecule has 0 spiro atoms. The normalized spacial score (nSPS) is 15.5. The van der Waals surface area contributed by atoms with Gasteiger partial charge in [0.1, 0.15) is 12.1 Å². The van der Waals surface area contributed by atoms with Crippen LogP contribution in [-0.4, -0.2) is 15.8 Å². The van der Waals surface area contributed by atoms with Crippen LogP contribution < -0.4 is 5.32 Å². The molecule has 4 nitrogen and oxygen atoms in total. The number of nitrogens with one attached hydrogen (secondary N) is 1. The summed E-state index contributed by atoms with van der Waals surface area (Å²) in [6.45, 7) is 3.65. The fourth-order valence-electron chi connectivity index (χ4n) is 1.74. The molecule has 0 aliphatic carbocycles. The van der Waals surface area contributed by atoms with Gasteiger partial charge in [0, 0.05) is 0 Å². The van der Waals surface area contributed by atoms with Crippen LogP contribution in [0, 0.1) is 0 Å². The van der Waals surface area contributed by atoms with E-state index in [4.69, 9.17) is 0 Å². The second-order valence-corrected chi connectivity index (χ2v) is 3.63. The summed E-state index contributed by atoms with van der Waals surface area (Å²) in [5.74, 6) is 0.249. The molecule has 2 heterocycles. The summed E-state index contributed by atoms with van der Waals surface area (Å²) in [7, 11) is 0. The van der Waals surface area contributed by atoms with Crippen molar-refractivity contribution in [3.8, 4) is 0 Å². The van der Waals surface area contributed by atoms with Crippen molar-refractivity contribution in [1.82, 2.24) is 14.9 Å². The number of nitrogens with zero attached hydrogens (tertiary/aromatic N) is 3. The van der Waals surface area contributed by atoms with Crippen LogP contribution >= 0.6 is 0 Å². The lowest BCUT2D eigenvalue weighted by molar-refractivity contribution is 0.666. The quantitative estimate of drug-likeness (QED) is 0.813. The maximum absolute atomic E-state index is 13.7. The van der Waals surface area contributed by atoms with Gasteiger partial charge < -0.3 is 5.32 Å². The first-order valence-corrected chi connectivity index (χ1v) is 5.08. The first kappa shape index (κ1) is 9.77. The molecule has 1 N–H and O–H groups in total. The Kier molecular flexibility index (Phi) is 2.04. The number of halogens is 1. The molecule has 0 saturated carbocycles. The highest BCUT2D eigenvalue weighted by atomic mass is 19.1. The second-order valence-electron chi connectivity index (χ2n) is 3.63. The Morgan fingerprint density at radius 3 is 3.00 bits per heavy atom. The molecule has 1 aromatic heterocycles. The average molecular weight is 228 g/mol. The number of benzene rings is 1. The van der Waals surface area contributed by atoms with Gasteiger partial charge in [0.15, 0.2) is 11.6 Å². The van der Waals surface area contributed by atoms with Crippen LogP contribution in [0.15, 0.2) is 53.8 Å². The number of hydrogen-bond donors (Lipinski definition) is 1. The van der Waals surface area contributed by atoms with Gasteiger partial charge >= 0.3 is 0 Å². The Balaban J connectivity index is 2.22. The fourth-order valence-corrected chi connectivity index (χ4v) is 1.74. The fraction of sp³-hybridized carbons (Fsp3) is 0. The highest BCUT2D eigenvalue weighted by Gasteiger charge is 2.14. The minimum Gasteiger partial charge on any atom is -0.324 e. The molecule has 0 amide bonds. The van der Waals surface area contributed by atoms with E-state index in [2.05, 4.69) is 21.9 Å². The zero-order valence-electron chi connectivity index (χ0n) is 8.89. The number of hydrogen-bond acceptors (Lipinski definition) is 3. The van der Waals surface area contributed by atoms with E-state index in [1.165, 1.54) is 0 Å². The lowest BCUT2D eigenvalue weighted by Gasteiger charge is -2.15. The molecular weight excluding hydrogens is 219 g/mol. The van der Waals surface area contributed by atoms with Gasteiger partial charge in [-0.3, -0.25) is 4.57 Å². The van der Waals surface area contributed by atoms with E-state index in [9.17, 15) is 4.39 Å². The van der Waals surface area contributed by atoms with Gasteiger partial charge in [-0.2, -0.15) is 0 Å². The zero-order valence-corrected chi connectivity index (χ0v) is 8.89. The molecular formula is C12H9FN4. The predicted molar refractivity (Wildman–Crippen MR) is 64.8 cm³/mol. The van der Waals surface area contributed by atoms with E-state index >= 15 is 0 Å². The Bertz CT molecular complexity index is 666. The van der Waals surface area contributed by atoms with Gasteiger partial charge in [-0.25, -0.2) is 14.4 Å². The molecule has 1 aliphatic heterocycles. The van der Waals surface area contributed by atoms with Crippen molar-refractivity contribution in [2.24, 2.45) is 4.99 Å². The highest BCUT2D eigenvalue weighted by Crippen LogP contribution is 2.20. The van der Waals surface area contributed by atoms with Crippen LogP contribution in [-0.2, 0) is 0 Å². The first-order valence-electron chi connectivity index (χ1n) is 5.08. The SMILES string of the molecule is C=C1N=CC(F)=C(n2cnc3ccccc32)N1. The molecule has 1 aromatic carbocycles. The van der Waals surface area contributed by atoms with Crippen LogP contribution in [0.4, 0.5) is 4.39 Å². The van der Waals surface area contributed by atoms with Gasteiger partial charge in [0.05, 0.1) is 17.2 Å². The highest BCUT2D eigenvalue weighted by molar-refractivity contribution is 5.89. The summed E-state index contributed by atoms with van der Waals surface area (Å²) >= 11 is 0. The number of fused-ring (bicyclic) bond motifs is 1. The van der Waals surface area contributed by atoms with Crippen molar-refractivity contribution in [2.75, 3.05) is 0 Å².